The highest BCUT2D eigenvalue weighted by Crippen LogP contribution is 2.10. The zero-order valence-electron chi connectivity index (χ0n) is 8.67. The van der Waals surface area contributed by atoms with Crippen LogP contribution in [0.1, 0.15) is 13.8 Å². The van der Waals surface area contributed by atoms with Crippen molar-refractivity contribution in [1.29, 1.82) is 0 Å². The topological polar surface area (TPSA) is 50.3 Å². The first-order valence-electron chi connectivity index (χ1n) is 4.94. The van der Waals surface area contributed by atoms with E-state index < -0.39 is 0 Å². The van der Waals surface area contributed by atoms with E-state index in [4.69, 9.17) is 5.84 Å². The van der Waals surface area contributed by atoms with Gasteiger partial charge < -0.3 is 5.01 Å². The molecule has 1 fully saturated rings. The maximum absolute atomic E-state index is 5.92. The van der Waals surface area contributed by atoms with Crippen LogP contribution in [0.5, 0.6) is 0 Å². The molecule has 2 heterocycles. The van der Waals surface area contributed by atoms with Gasteiger partial charge in [0, 0.05) is 24.5 Å². The maximum Gasteiger partial charge on any atom is 0.114 e. The van der Waals surface area contributed by atoms with Crippen LogP contribution >= 0.6 is 0 Å². The van der Waals surface area contributed by atoms with E-state index in [1.165, 1.54) is 0 Å². The van der Waals surface area contributed by atoms with Crippen LogP contribution in [0.3, 0.4) is 0 Å². The summed E-state index contributed by atoms with van der Waals surface area (Å²) in [6, 6.07) is 0.752. The van der Waals surface area contributed by atoms with Crippen LogP contribution in [0.2, 0.25) is 0 Å². The lowest BCUT2D eigenvalue weighted by molar-refractivity contribution is 0.120. The molecule has 0 bridgehead atoms. The Balaban J connectivity index is 2.10. The quantitative estimate of drug-likeness (QED) is 0.630. The largest absolute Gasteiger partial charge is 0.309 e. The van der Waals surface area contributed by atoms with Crippen molar-refractivity contribution in [2.45, 2.75) is 25.9 Å². The van der Waals surface area contributed by atoms with Gasteiger partial charge in [0.25, 0.3) is 0 Å². The van der Waals surface area contributed by atoms with Crippen molar-refractivity contribution in [2.75, 3.05) is 18.1 Å². The molecule has 1 aliphatic heterocycles. The number of hydrazine groups is 1. The van der Waals surface area contributed by atoms with Gasteiger partial charge in [0.15, 0.2) is 0 Å². The minimum absolute atomic E-state index is 0.376. The van der Waals surface area contributed by atoms with E-state index in [9.17, 15) is 0 Å². The van der Waals surface area contributed by atoms with Gasteiger partial charge in [-0.25, -0.2) is 9.99 Å². The van der Waals surface area contributed by atoms with Crippen molar-refractivity contribution < 1.29 is 0 Å². The molecule has 0 radical (unpaired) electrons. The number of aromatic nitrogens is 2. The van der Waals surface area contributed by atoms with Crippen LogP contribution in [0.15, 0.2) is 18.7 Å². The molecule has 1 aromatic rings. The summed E-state index contributed by atoms with van der Waals surface area (Å²) in [6.45, 7) is 6.16. The zero-order chi connectivity index (χ0) is 10.1. The molecule has 0 amide bonds. The molecule has 2 unspecified atom stereocenters. The van der Waals surface area contributed by atoms with Crippen molar-refractivity contribution in [3.63, 3.8) is 0 Å². The highest BCUT2D eigenvalue weighted by molar-refractivity contribution is 4.98. The zero-order valence-corrected chi connectivity index (χ0v) is 8.67. The predicted molar refractivity (Wildman–Crippen MR) is 55.1 cm³/mol. The number of rotatable bonds is 1. The Bertz CT molecular complexity index is 271. The average molecular weight is 195 g/mol. The van der Waals surface area contributed by atoms with Gasteiger partial charge in [-0.05, 0) is 13.8 Å². The fraction of sp³-hybridized carbons (Fsp3) is 0.667. The van der Waals surface area contributed by atoms with Crippen molar-refractivity contribution in [3.05, 3.63) is 18.7 Å². The van der Waals surface area contributed by atoms with Gasteiger partial charge in [0.1, 0.15) is 6.33 Å². The molecule has 2 rings (SSSR count). The second-order valence-corrected chi connectivity index (χ2v) is 3.96. The van der Waals surface area contributed by atoms with E-state index in [-0.39, 0.29) is 0 Å². The standard InChI is InChI=1S/C9H17N5/c1-8-5-13(6-9(2)14(8)10)12-4-3-11-7-12/h3-4,7-9H,5-6,10H2,1-2H3. The molecule has 2 atom stereocenters. The van der Waals surface area contributed by atoms with E-state index in [1.54, 1.807) is 6.20 Å². The Kier molecular flexibility index (Phi) is 2.43. The molecule has 0 aromatic carbocycles. The monoisotopic (exact) mass is 195 g/mol. The van der Waals surface area contributed by atoms with Crippen LogP contribution in [0.4, 0.5) is 0 Å². The Morgan fingerprint density at radius 2 is 1.93 bits per heavy atom. The first-order valence-corrected chi connectivity index (χ1v) is 4.94. The van der Waals surface area contributed by atoms with Gasteiger partial charge in [0.05, 0.1) is 13.1 Å². The van der Waals surface area contributed by atoms with Crippen LogP contribution < -0.4 is 10.9 Å². The summed E-state index contributed by atoms with van der Waals surface area (Å²) in [5, 5.41) is 4.18. The molecule has 1 aromatic heterocycles. The van der Waals surface area contributed by atoms with E-state index in [0.29, 0.717) is 12.1 Å². The molecule has 5 heteroatoms. The fourth-order valence-corrected chi connectivity index (χ4v) is 1.92. The van der Waals surface area contributed by atoms with Crippen molar-refractivity contribution in [1.82, 2.24) is 14.7 Å². The smallest absolute Gasteiger partial charge is 0.114 e. The van der Waals surface area contributed by atoms with E-state index in [2.05, 4.69) is 23.8 Å². The normalized spacial score (nSPS) is 29.5. The predicted octanol–water partition coefficient (Wildman–Crippen LogP) is -0.213. The summed E-state index contributed by atoms with van der Waals surface area (Å²) >= 11 is 0. The van der Waals surface area contributed by atoms with Gasteiger partial charge in [-0.3, -0.25) is 10.5 Å². The number of nitrogens with zero attached hydrogens (tertiary/aromatic N) is 4. The van der Waals surface area contributed by atoms with Gasteiger partial charge in [-0.2, -0.15) is 0 Å². The minimum atomic E-state index is 0.376. The first kappa shape index (κ1) is 9.48. The minimum Gasteiger partial charge on any atom is -0.309 e. The molecule has 1 saturated heterocycles. The fourth-order valence-electron chi connectivity index (χ4n) is 1.92. The second-order valence-electron chi connectivity index (χ2n) is 3.96. The molecule has 78 valence electrons. The van der Waals surface area contributed by atoms with Gasteiger partial charge in [-0.15, -0.1) is 0 Å². The lowest BCUT2D eigenvalue weighted by Gasteiger charge is -2.42. The third-order valence-corrected chi connectivity index (χ3v) is 2.78. The van der Waals surface area contributed by atoms with Crippen LogP contribution in [-0.4, -0.2) is 39.8 Å². The summed E-state index contributed by atoms with van der Waals surface area (Å²) in [4.78, 5) is 4.04. The van der Waals surface area contributed by atoms with Crippen LogP contribution in [0.25, 0.3) is 0 Å². The van der Waals surface area contributed by atoms with E-state index >= 15 is 0 Å². The Morgan fingerprint density at radius 1 is 1.29 bits per heavy atom. The van der Waals surface area contributed by atoms with Gasteiger partial charge in [-0.1, -0.05) is 0 Å². The molecule has 0 saturated carbocycles. The summed E-state index contributed by atoms with van der Waals surface area (Å²) in [5.74, 6) is 5.92. The summed E-state index contributed by atoms with van der Waals surface area (Å²) < 4.78 is 2.03. The first-order chi connectivity index (χ1) is 6.68. The molecule has 2 N–H and O–H groups in total. The van der Waals surface area contributed by atoms with Crippen molar-refractivity contribution >= 4 is 0 Å². The molecule has 5 nitrogen and oxygen atoms in total. The van der Waals surface area contributed by atoms with Gasteiger partial charge >= 0.3 is 0 Å². The summed E-state index contributed by atoms with van der Waals surface area (Å²) in [6.07, 6.45) is 5.58. The van der Waals surface area contributed by atoms with Crippen LogP contribution in [-0.2, 0) is 0 Å². The van der Waals surface area contributed by atoms with Crippen molar-refractivity contribution in [2.24, 2.45) is 5.84 Å². The maximum atomic E-state index is 5.92. The number of imidazole rings is 1. The molecule has 0 spiro atoms. The van der Waals surface area contributed by atoms with Crippen LogP contribution in [0, 0.1) is 0 Å². The lowest BCUT2D eigenvalue weighted by atomic mass is 10.1. The molecular formula is C9H17N5. The molecule has 1 aliphatic rings. The lowest BCUT2D eigenvalue weighted by Crippen LogP contribution is -2.62. The number of piperazine rings is 1. The average Bonchev–Trinajstić information content (AvgIpc) is 2.66. The Morgan fingerprint density at radius 3 is 2.43 bits per heavy atom. The molecule has 14 heavy (non-hydrogen) atoms. The number of hydrogen-bond acceptors (Lipinski definition) is 4. The molecule has 0 aliphatic carbocycles. The Labute approximate surface area is 84.1 Å². The number of hydrogen-bond donors (Lipinski definition) is 1. The highest BCUT2D eigenvalue weighted by Gasteiger charge is 2.27. The SMILES string of the molecule is CC1CN(n2ccnc2)CC(C)N1N. The van der Waals surface area contributed by atoms with Gasteiger partial charge in [0.2, 0.25) is 0 Å². The van der Waals surface area contributed by atoms with Crippen molar-refractivity contribution in [3.8, 4) is 0 Å². The van der Waals surface area contributed by atoms with E-state index in [1.807, 2.05) is 22.2 Å². The third-order valence-electron chi connectivity index (χ3n) is 2.78. The highest BCUT2D eigenvalue weighted by atomic mass is 15.6. The summed E-state index contributed by atoms with van der Waals surface area (Å²) in [7, 11) is 0. The third kappa shape index (κ3) is 1.60. The number of nitrogens with two attached hydrogens (primary N) is 1. The molecular weight excluding hydrogens is 178 g/mol. The van der Waals surface area contributed by atoms with E-state index in [0.717, 1.165) is 13.1 Å². The second kappa shape index (κ2) is 3.59. The summed E-state index contributed by atoms with van der Waals surface area (Å²) in [5.41, 5.74) is 0. The Hall–Kier alpha value is -1.07.